The molecule has 0 aromatic heterocycles. The zero-order valence-electron chi connectivity index (χ0n) is 32.3. The van der Waals surface area contributed by atoms with Gasteiger partial charge in [-0.15, -0.1) is 0 Å². The molecule has 2 saturated heterocycles. The summed E-state index contributed by atoms with van der Waals surface area (Å²) in [5.41, 5.74) is 2.53. The molecule has 2 heterocycles. The van der Waals surface area contributed by atoms with Gasteiger partial charge in [0.1, 0.15) is 47.8 Å². The predicted molar refractivity (Wildman–Crippen MR) is 206 cm³/mol. The molecule has 2 amide bonds. The number of benzene rings is 3. The number of hydrogen-bond donors (Lipinski definition) is 6. The molecular formula is C41H50FN3O13. The van der Waals surface area contributed by atoms with E-state index in [0.717, 1.165) is 16.7 Å². The quantitative estimate of drug-likeness (QED) is 0.0959. The van der Waals surface area contributed by atoms with E-state index in [9.17, 15) is 44.0 Å². The Hall–Kier alpha value is -5.33. The average Bonchev–Trinajstić information content (AvgIpc) is 3.53. The fraction of sp³-hybridized carbons (Fsp3) is 0.463. The van der Waals surface area contributed by atoms with E-state index in [1.165, 1.54) is 29.2 Å². The Kier molecular flexibility index (Phi) is 15.0. The van der Waals surface area contributed by atoms with Crippen molar-refractivity contribution in [2.24, 2.45) is 0 Å². The Bertz CT molecular complexity index is 1860. The fourth-order valence-electron chi connectivity index (χ4n) is 6.86. The molecule has 0 bridgehead atoms. The number of nitrogens with one attached hydrogen (secondary N) is 1. The van der Waals surface area contributed by atoms with Crippen LogP contribution < -0.4 is 19.7 Å². The number of carboxylic acids is 1. The van der Waals surface area contributed by atoms with Crippen LogP contribution in [0.2, 0.25) is 0 Å². The van der Waals surface area contributed by atoms with Gasteiger partial charge in [0.25, 0.3) is 5.91 Å². The molecule has 58 heavy (non-hydrogen) atoms. The molecule has 0 aliphatic carbocycles. The third-order valence-corrected chi connectivity index (χ3v) is 10.0. The summed E-state index contributed by atoms with van der Waals surface area (Å²) in [6.45, 7) is 5.65. The van der Waals surface area contributed by atoms with E-state index in [-0.39, 0.29) is 11.4 Å². The van der Waals surface area contributed by atoms with Crippen LogP contribution in [0.1, 0.15) is 55.5 Å². The van der Waals surface area contributed by atoms with Crippen molar-refractivity contribution in [3.63, 3.8) is 0 Å². The van der Waals surface area contributed by atoms with Crippen LogP contribution in [-0.2, 0) is 25.6 Å². The Balaban J connectivity index is 1.12. The van der Waals surface area contributed by atoms with Crippen LogP contribution in [0.5, 0.6) is 11.5 Å². The molecule has 4 atom stereocenters. The summed E-state index contributed by atoms with van der Waals surface area (Å²) in [4.78, 5) is 51.8. The van der Waals surface area contributed by atoms with Crippen molar-refractivity contribution < 1.29 is 68.0 Å². The van der Waals surface area contributed by atoms with Gasteiger partial charge in [-0.2, -0.15) is 0 Å². The number of piperidine rings is 1. The van der Waals surface area contributed by atoms with Gasteiger partial charge in [0, 0.05) is 50.3 Å². The largest absolute Gasteiger partial charge is 0.493 e. The number of rotatable bonds is 19. The summed E-state index contributed by atoms with van der Waals surface area (Å²) < 4.78 is 36.4. The molecule has 2 aliphatic heterocycles. The van der Waals surface area contributed by atoms with Crippen LogP contribution in [0.25, 0.3) is 11.1 Å². The number of ether oxygens (including phenoxy) is 4. The van der Waals surface area contributed by atoms with E-state index < -0.39 is 79.9 Å². The van der Waals surface area contributed by atoms with Gasteiger partial charge in [0.05, 0.1) is 44.3 Å². The van der Waals surface area contributed by atoms with Crippen molar-refractivity contribution in [1.82, 2.24) is 10.2 Å². The number of aliphatic carboxylic acids is 1. The summed E-state index contributed by atoms with van der Waals surface area (Å²) in [6, 6.07) is 16.3. The minimum absolute atomic E-state index is 0.181. The highest BCUT2D eigenvalue weighted by Crippen LogP contribution is 2.41. The summed E-state index contributed by atoms with van der Waals surface area (Å²) >= 11 is 0. The highest BCUT2D eigenvalue weighted by molar-refractivity contribution is 5.96. The number of carbonyl (C=O) groups is 4. The molecule has 314 valence electrons. The van der Waals surface area contributed by atoms with Crippen molar-refractivity contribution in [3.8, 4) is 22.6 Å². The molecule has 2 aliphatic rings. The lowest BCUT2D eigenvalue weighted by atomic mass is 9.91. The SMILES string of the molecule is CCOc1cc(CN2CCC3(CC2)CN(c2ccc(C(=O)NC[C@H](O)[C@@H](O)[C@H](O)[C@H](O)COC(=O)CCC(=O)O)cc2)C(=O)O3)cc(OCC)c1-c1ccc(F)cc1. The predicted octanol–water partition coefficient (Wildman–Crippen LogP) is 2.86. The van der Waals surface area contributed by atoms with E-state index in [1.807, 2.05) is 26.0 Å². The Morgan fingerprint density at radius 1 is 0.879 bits per heavy atom. The Morgan fingerprint density at radius 3 is 2.07 bits per heavy atom. The molecule has 0 saturated carbocycles. The van der Waals surface area contributed by atoms with E-state index in [2.05, 4.69) is 15.0 Å². The summed E-state index contributed by atoms with van der Waals surface area (Å²) in [6.07, 6.45) is -7.65. The van der Waals surface area contributed by atoms with Crippen molar-refractivity contribution in [2.75, 3.05) is 50.9 Å². The second-order valence-electron chi connectivity index (χ2n) is 14.2. The summed E-state index contributed by atoms with van der Waals surface area (Å²) in [7, 11) is 0. The maximum atomic E-state index is 13.7. The topological polar surface area (TPSA) is 225 Å². The standard InChI is InChI=1S/C41H50FN3O13/c1-3-55-32-19-25(20-33(56-4-2)36(32)26-5-9-28(42)10-6-26)22-44-17-15-41(16-18-44)24-45(40(54)58-41)29-11-7-27(8-12-29)39(53)43-21-30(46)37(51)38(52)31(47)23-57-35(50)14-13-34(48)49/h5-12,19-20,30-31,37-38,46-47,51-52H,3-4,13-18,21-24H2,1-2H3,(H,43,53)(H,48,49)/t30-,31+,37+,38+/m0/s1. The van der Waals surface area contributed by atoms with Crippen LogP contribution >= 0.6 is 0 Å². The van der Waals surface area contributed by atoms with E-state index in [0.29, 0.717) is 69.4 Å². The number of esters is 1. The molecule has 0 radical (unpaired) electrons. The number of nitrogens with zero attached hydrogens (tertiary/aromatic N) is 2. The third-order valence-electron chi connectivity index (χ3n) is 10.0. The molecule has 17 heteroatoms. The first-order chi connectivity index (χ1) is 27.7. The molecule has 3 aromatic carbocycles. The number of likely N-dealkylation sites (tertiary alicyclic amines) is 1. The molecule has 0 unspecified atom stereocenters. The van der Waals surface area contributed by atoms with Gasteiger partial charge in [-0.1, -0.05) is 12.1 Å². The molecule has 6 N–H and O–H groups in total. The maximum absolute atomic E-state index is 13.7. The minimum Gasteiger partial charge on any atom is -0.493 e. The number of aliphatic hydroxyl groups excluding tert-OH is 4. The number of hydrogen-bond acceptors (Lipinski definition) is 13. The van der Waals surface area contributed by atoms with E-state index >= 15 is 0 Å². The van der Waals surface area contributed by atoms with Gasteiger partial charge >= 0.3 is 18.0 Å². The van der Waals surface area contributed by atoms with Gasteiger partial charge in [0.2, 0.25) is 0 Å². The number of carbonyl (C=O) groups excluding carboxylic acids is 3. The second kappa shape index (κ2) is 19.9. The highest BCUT2D eigenvalue weighted by atomic mass is 19.1. The normalized spacial score (nSPS) is 17.2. The lowest BCUT2D eigenvalue weighted by Crippen LogP contribution is -2.50. The number of anilines is 1. The molecule has 16 nitrogen and oxygen atoms in total. The number of amides is 2. The van der Waals surface area contributed by atoms with Crippen molar-refractivity contribution in [2.45, 2.75) is 76.1 Å². The number of halogens is 1. The fourth-order valence-corrected chi connectivity index (χ4v) is 6.86. The van der Waals surface area contributed by atoms with Crippen LogP contribution in [0.3, 0.4) is 0 Å². The highest BCUT2D eigenvalue weighted by Gasteiger charge is 2.47. The first-order valence-corrected chi connectivity index (χ1v) is 19.1. The van der Waals surface area contributed by atoms with Gasteiger partial charge in [-0.05, 0) is 73.5 Å². The van der Waals surface area contributed by atoms with E-state index in [1.54, 1.807) is 24.3 Å². The second-order valence-corrected chi connectivity index (χ2v) is 14.2. The average molecular weight is 812 g/mol. The molecular weight excluding hydrogens is 761 g/mol. The molecule has 1 spiro atoms. The first kappa shape index (κ1) is 43.8. The lowest BCUT2D eigenvalue weighted by Gasteiger charge is -2.37. The van der Waals surface area contributed by atoms with Crippen LogP contribution in [-0.4, -0.2) is 130 Å². The summed E-state index contributed by atoms with van der Waals surface area (Å²) in [5.74, 6) is -1.82. The molecule has 5 rings (SSSR count). The van der Waals surface area contributed by atoms with Gasteiger partial charge in [-0.25, -0.2) is 9.18 Å². The van der Waals surface area contributed by atoms with Gasteiger partial charge < -0.3 is 49.8 Å². The molecule has 3 aromatic rings. The summed E-state index contributed by atoms with van der Waals surface area (Å²) in [5, 5.41) is 51.8. The first-order valence-electron chi connectivity index (χ1n) is 19.1. The third kappa shape index (κ3) is 11.2. The lowest BCUT2D eigenvalue weighted by molar-refractivity contribution is -0.156. The van der Waals surface area contributed by atoms with Gasteiger partial charge in [-0.3, -0.25) is 24.2 Å². The zero-order valence-corrected chi connectivity index (χ0v) is 32.3. The maximum Gasteiger partial charge on any atom is 0.415 e. The van der Waals surface area contributed by atoms with Crippen LogP contribution in [0, 0.1) is 5.82 Å². The van der Waals surface area contributed by atoms with Crippen molar-refractivity contribution in [1.29, 1.82) is 0 Å². The number of carboxylic acid groups (broad SMARTS) is 1. The Morgan fingerprint density at radius 2 is 1.48 bits per heavy atom. The van der Waals surface area contributed by atoms with Crippen molar-refractivity contribution >= 4 is 29.6 Å². The van der Waals surface area contributed by atoms with Crippen molar-refractivity contribution in [3.05, 3.63) is 77.6 Å². The Labute approximate surface area is 334 Å². The van der Waals surface area contributed by atoms with Crippen LogP contribution in [0.4, 0.5) is 14.9 Å². The monoisotopic (exact) mass is 811 g/mol. The zero-order chi connectivity index (χ0) is 42.0. The smallest absolute Gasteiger partial charge is 0.415 e. The molecule has 2 fully saturated rings. The van der Waals surface area contributed by atoms with Gasteiger partial charge in [0.15, 0.2) is 0 Å². The minimum atomic E-state index is -1.95. The van der Waals surface area contributed by atoms with Crippen LogP contribution in [0.15, 0.2) is 60.7 Å². The number of aliphatic hydroxyl groups is 4. The van der Waals surface area contributed by atoms with E-state index in [4.69, 9.17) is 19.3 Å².